The number of thioether (sulfide) groups is 1. The molecule has 15 heteroatoms. The third-order valence-corrected chi connectivity index (χ3v) is 10.1. The zero-order valence-electron chi connectivity index (χ0n) is 29.2. The lowest BCUT2D eigenvalue weighted by Gasteiger charge is -2.30. The van der Waals surface area contributed by atoms with Gasteiger partial charge in [0.1, 0.15) is 22.1 Å². The molecule has 1 aliphatic heterocycles. The lowest BCUT2D eigenvalue weighted by atomic mass is 10.0. The average molecular weight is 779 g/mol. The van der Waals surface area contributed by atoms with Crippen molar-refractivity contribution in [2.75, 3.05) is 30.0 Å². The predicted octanol–water partition coefficient (Wildman–Crippen LogP) is 7.76. The number of fused-ring (bicyclic) bond motifs is 1. The third kappa shape index (κ3) is 10.2. The van der Waals surface area contributed by atoms with E-state index in [1.165, 1.54) is 48.4 Å². The van der Waals surface area contributed by atoms with Crippen LogP contribution in [-0.4, -0.2) is 59.7 Å². The Balaban J connectivity index is 1.27. The van der Waals surface area contributed by atoms with E-state index in [0.717, 1.165) is 16.5 Å². The van der Waals surface area contributed by atoms with Crippen molar-refractivity contribution >= 4 is 81.2 Å². The molecule has 0 saturated carbocycles. The molecule has 0 unspecified atom stereocenters. The number of carbonyl (C=O) groups is 5. The Labute approximate surface area is 318 Å². The van der Waals surface area contributed by atoms with Crippen molar-refractivity contribution in [1.82, 2.24) is 10.2 Å². The lowest BCUT2D eigenvalue weighted by Crippen LogP contribution is -2.39. The van der Waals surface area contributed by atoms with E-state index < -0.39 is 41.2 Å². The van der Waals surface area contributed by atoms with Gasteiger partial charge in [-0.2, -0.15) is 0 Å². The number of ether oxygens (including phenoxy) is 2. The lowest BCUT2D eigenvalue weighted by molar-refractivity contribution is -0.114. The number of methoxy groups -OCH3 is 1. The molecule has 0 bridgehead atoms. The standard InChI is InChI=1S/C38H36ClFN4O7S2/c1-38(2,3)51-37(49)44-17-16-25-30(20-44)53-35(32(25)36(48)50-4)43-31(45)21-52-24-13-8-12-23(18-24)41-34(47)29(19-26-27(39)14-9-15-28(26)40)42-33(46)22-10-6-5-7-11-22/h5-15,18-19H,16-17,20-21H2,1-4H3,(H,41,47)(H,42,46)(H,43,45)/b29-19+. The smallest absolute Gasteiger partial charge is 0.410 e. The molecule has 4 amide bonds. The molecule has 0 spiro atoms. The van der Waals surface area contributed by atoms with Crippen LogP contribution in [-0.2, 0) is 32.0 Å². The Bertz CT molecular complexity index is 2060. The second-order valence-electron chi connectivity index (χ2n) is 12.7. The van der Waals surface area contributed by atoms with Gasteiger partial charge in [-0.3, -0.25) is 14.4 Å². The largest absolute Gasteiger partial charge is 0.465 e. The number of hydrogen-bond donors (Lipinski definition) is 3. The summed E-state index contributed by atoms with van der Waals surface area (Å²) in [4.78, 5) is 68.1. The maximum Gasteiger partial charge on any atom is 0.410 e. The normalized spacial score (nSPS) is 12.7. The first kappa shape index (κ1) is 39.0. The molecule has 0 aliphatic carbocycles. The summed E-state index contributed by atoms with van der Waals surface area (Å²) in [7, 11) is 1.26. The van der Waals surface area contributed by atoms with Gasteiger partial charge in [-0.05, 0) is 81.3 Å². The number of benzene rings is 3. The maximum atomic E-state index is 14.7. The summed E-state index contributed by atoms with van der Waals surface area (Å²) in [5, 5.41) is 8.47. The van der Waals surface area contributed by atoms with Crippen molar-refractivity contribution in [3.63, 3.8) is 0 Å². The summed E-state index contributed by atoms with van der Waals surface area (Å²) in [6, 6.07) is 19.0. The molecule has 0 atom stereocenters. The highest BCUT2D eigenvalue weighted by molar-refractivity contribution is 8.00. The zero-order valence-corrected chi connectivity index (χ0v) is 31.6. The van der Waals surface area contributed by atoms with Gasteiger partial charge < -0.3 is 30.3 Å². The summed E-state index contributed by atoms with van der Waals surface area (Å²) in [5.41, 5.74) is 0.616. The fourth-order valence-electron chi connectivity index (χ4n) is 5.20. The highest BCUT2D eigenvalue weighted by atomic mass is 35.5. The second-order valence-corrected chi connectivity index (χ2v) is 15.2. The van der Waals surface area contributed by atoms with Crippen LogP contribution in [0.3, 0.4) is 0 Å². The molecule has 0 radical (unpaired) electrons. The van der Waals surface area contributed by atoms with Crippen LogP contribution < -0.4 is 16.0 Å². The minimum atomic E-state index is -0.740. The van der Waals surface area contributed by atoms with Crippen LogP contribution in [0.2, 0.25) is 5.02 Å². The monoisotopic (exact) mass is 778 g/mol. The number of nitrogens with one attached hydrogen (secondary N) is 3. The van der Waals surface area contributed by atoms with Gasteiger partial charge in [0.15, 0.2) is 0 Å². The number of carbonyl (C=O) groups excluding carboxylic acids is 5. The van der Waals surface area contributed by atoms with E-state index in [4.69, 9.17) is 21.1 Å². The number of rotatable bonds is 10. The quantitative estimate of drug-likeness (QED) is 0.0843. The molecule has 3 aromatic carbocycles. The van der Waals surface area contributed by atoms with E-state index in [2.05, 4.69) is 16.0 Å². The van der Waals surface area contributed by atoms with Gasteiger partial charge in [0.05, 0.1) is 30.0 Å². The van der Waals surface area contributed by atoms with Gasteiger partial charge >= 0.3 is 12.1 Å². The minimum absolute atomic E-state index is 0.0464. The van der Waals surface area contributed by atoms with Gasteiger partial charge in [0.2, 0.25) is 5.91 Å². The van der Waals surface area contributed by atoms with Crippen molar-refractivity contribution in [1.29, 1.82) is 0 Å². The molecule has 11 nitrogen and oxygen atoms in total. The van der Waals surface area contributed by atoms with E-state index in [9.17, 15) is 28.4 Å². The molecule has 0 saturated heterocycles. The summed E-state index contributed by atoms with van der Waals surface area (Å²) in [6.45, 7) is 5.92. The number of nitrogens with zero attached hydrogens (tertiary/aromatic N) is 1. The number of anilines is 2. The van der Waals surface area contributed by atoms with E-state index in [1.807, 2.05) is 0 Å². The molecule has 276 valence electrons. The van der Waals surface area contributed by atoms with E-state index in [1.54, 1.807) is 80.3 Å². The number of hydrogen-bond acceptors (Lipinski definition) is 9. The number of halogens is 2. The molecule has 1 aliphatic rings. The van der Waals surface area contributed by atoms with Crippen LogP contribution in [0.15, 0.2) is 83.4 Å². The van der Waals surface area contributed by atoms with Crippen LogP contribution in [0.5, 0.6) is 0 Å². The number of thiophene rings is 1. The van der Waals surface area contributed by atoms with Crippen molar-refractivity contribution in [3.8, 4) is 0 Å². The second kappa shape index (κ2) is 17.1. The third-order valence-electron chi connectivity index (χ3n) is 7.63. The Kier molecular flexibility index (Phi) is 12.6. The molecular formula is C38H36ClFN4O7S2. The van der Waals surface area contributed by atoms with Crippen LogP contribution in [0.4, 0.5) is 19.9 Å². The van der Waals surface area contributed by atoms with Crippen molar-refractivity contribution in [2.45, 2.75) is 44.2 Å². The predicted molar refractivity (Wildman–Crippen MR) is 204 cm³/mol. The Morgan fingerprint density at radius 3 is 2.43 bits per heavy atom. The highest BCUT2D eigenvalue weighted by Gasteiger charge is 2.32. The number of esters is 1. The molecule has 5 rings (SSSR count). The Hall–Kier alpha value is -5.18. The van der Waals surface area contributed by atoms with Crippen molar-refractivity contribution in [3.05, 3.63) is 116 Å². The number of amides is 4. The molecule has 53 heavy (non-hydrogen) atoms. The van der Waals surface area contributed by atoms with Crippen molar-refractivity contribution in [2.24, 2.45) is 0 Å². The molecular weight excluding hydrogens is 743 g/mol. The highest BCUT2D eigenvalue weighted by Crippen LogP contribution is 2.38. The van der Waals surface area contributed by atoms with Crippen molar-refractivity contribution < 1.29 is 37.8 Å². The first-order chi connectivity index (χ1) is 25.2. The zero-order chi connectivity index (χ0) is 38.3. The molecule has 2 heterocycles. The summed E-state index contributed by atoms with van der Waals surface area (Å²) < 4.78 is 25.2. The van der Waals surface area contributed by atoms with E-state index >= 15 is 0 Å². The fraction of sp³-hybridized carbons (Fsp3) is 0.237. The maximum absolute atomic E-state index is 14.7. The van der Waals surface area contributed by atoms with Crippen LogP contribution in [0.25, 0.3) is 6.08 Å². The van der Waals surface area contributed by atoms with Gasteiger partial charge in [-0.1, -0.05) is 41.9 Å². The summed E-state index contributed by atoms with van der Waals surface area (Å²) >= 11 is 8.60. The average Bonchev–Trinajstić information content (AvgIpc) is 3.48. The minimum Gasteiger partial charge on any atom is -0.465 e. The SMILES string of the molecule is COC(=O)c1c(NC(=O)CSc2cccc(NC(=O)/C(=C\c3c(F)cccc3Cl)NC(=O)c3ccccc3)c2)sc2c1CCN(C(=O)OC(C)(C)C)C2. The molecule has 3 N–H and O–H groups in total. The van der Waals surface area contributed by atoms with Gasteiger partial charge in [0.25, 0.3) is 11.8 Å². The molecule has 1 aromatic heterocycles. The topological polar surface area (TPSA) is 143 Å². The molecule has 4 aromatic rings. The Morgan fingerprint density at radius 2 is 1.74 bits per heavy atom. The summed E-state index contributed by atoms with van der Waals surface area (Å²) in [5.74, 6) is -3.04. The van der Waals surface area contributed by atoms with Crippen LogP contribution >= 0.6 is 34.7 Å². The van der Waals surface area contributed by atoms with Gasteiger partial charge in [-0.25, -0.2) is 14.0 Å². The molecule has 0 fully saturated rings. The first-order valence-corrected chi connectivity index (χ1v) is 18.5. The summed E-state index contributed by atoms with van der Waals surface area (Å²) in [6.07, 6.45) is 1.09. The van der Waals surface area contributed by atoms with Crippen LogP contribution in [0, 0.1) is 5.82 Å². The van der Waals surface area contributed by atoms with Crippen LogP contribution in [0.1, 0.15) is 57.5 Å². The van der Waals surface area contributed by atoms with Gasteiger partial charge in [-0.15, -0.1) is 23.1 Å². The Morgan fingerprint density at radius 1 is 1.00 bits per heavy atom. The van der Waals surface area contributed by atoms with Gasteiger partial charge in [0, 0.05) is 33.1 Å². The van der Waals surface area contributed by atoms with E-state index in [0.29, 0.717) is 28.5 Å². The van der Waals surface area contributed by atoms with E-state index in [-0.39, 0.29) is 39.7 Å². The first-order valence-electron chi connectivity index (χ1n) is 16.3. The fourth-order valence-corrected chi connectivity index (χ4v) is 7.44.